The van der Waals surface area contributed by atoms with Crippen LogP contribution in [0.3, 0.4) is 0 Å². The number of phenolic OH excluding ortho intramolecular Hbond substituents is 1. The van der Waals surface area contributed by atoms with E-state index in [0.717, 1.165) is 38.2 Å². The Kier molecular flexibility index (Phi) is 8.34. The number of nitrogens with two attached hydrogens (primary N) is 1. The van der Waals surface area contributed by atoms with E-state index in [1.54, 1.807) is 28.9 Å². The number of imide groups is 1. The van der Waals surface area contributed by atoms with Crippen molar-refractivity contribution in [3.8, 4) is 22.7 Å². The molecule has 13 heteroatoms. The molecule has 1 saturated carbocycles. The van der Waals surface area contributed by atoms with Gasteiger partial charge >= 0.3 is 0 Å². The maximum atomic E-state index is 12.7. The van der Waals surface area contributed by atoms with Crippen molar-refractivity contribution in [3.05, 3.63) is 72.1 Å². The van der Waals surface area contributed by atoms with E-state index >= 15 is 0 Å². The van der Waals surface area contributed by atoms with Crippen LogP contribution in [0.1, 0.15) is 62.0 Å². The van der Waals surface area contributed by atoms with Crippen LogP contribution < -0.4 is 20.9 Å². The number of fused-ring (bicyclic) bond motifs is 2. The molecule has 13 nitrogen and oxygen atoms in total. The highest BCUT2D eigenvalue weighted by Gasteiger charge is 2.48. The first kappa shape index (κ1) is 32.9. The number of nitrogens with one attached hydrogen (secondary N) is 1. The first-order valence-electron chi connectivity index (χ1n) is 18.7. The Morgan fingerprint density at radius 1 is 0.923 bits per heavy atom. The number of aliphatic hydroxyl groups is 1. The van der Waals surface area contributed by atoms with Crippen LogP contribution in [0.25, 0.3) is 16.9 Å². The molecule has 270 valence electrons. The van der Waals surface area contributed by atoms with Gasteiger partial charge in [-0.1, -0.05) is 24.3 Å². The second kappa shape index (κ2) is 13.2. The van der Waals surface area contributed by atoms with Crippen molar-refractivity contribution in [1.82, 2.24) is 30.2 Å². The Balaban J connectivity index is 0.841. The van der Waals surface area contributed by atoms with Crippen LogP contribution in [0.15, 0.2) is 60.9 Å². The number of piperidine rings is 1. The lowest BCUT2D eigenvalue weighted by Crippen LogP contribution is -2.70. The Morgan fingerprint density at radius 3 is 2.58 bits per heavy atom. The SMILES string of the molecule is Nc1nnc(-c2ccccc2O)cc1-n1cc(N2C[C@@H]3C[C@H]([C@H]4CC[C@@H](c5cccc6c5CCN6[C@H]5CCC(=O)NC5=O)CC4)N3C[C@H]2CO)cn1. The summed E-state index contributed by atoms with van der Waals surface area (Å²) in [6.45, 7) is 2.52. The molecule has 0 spiro atoms. The van der Waals surface area contributed by atoms with E-state index in [4.69, 9.17) is 5.73 Å². The number of rotatable bonds is 7. The number of nitrogens with zero attached hydrogens (tertiary/aromatic N) is 7. The average molecular weight is 704 g/mol. The molecule has 3 saturated heterocycles. The molecule has 5 aliphatic rings. The van der Waals surface area contributed by atoms with Gasteiger partial charge in [-0.2, -0.15) is 5.10 Å². The van der Waals surface area contributed by atoms with E-state index in [1.807, 2.05) is 18.5 Å². The van der Waals surface area contributed by atoms with E-state index < -0.39 is 0 Å². The van der Waals surface area contributed by atoms with Gasteiger partial charge in [0.15, 0.2) is 5.82 Å². The van der Waals surface area contributed by atoms with Crippen molar-refractivity contribution in [2.45, 2.75) is 81.5 Å². The Hall–Kier alpha value is -5.01. The maximum absolute atomic E-state index is 12.7. The fourth-order valence-electron chi connectivity index (χ4n) is 9.78. The summed E-state index contributed by atoms with van der Waals surface area (Å²) in [4.78, 5) is 31.6. The van der Waals surface area contributed by atoms with Gasteiger partial charge in [0.05, 0.1) is 36.4 Å². The summed E-state index contributed by atoms with van der Waals surface area (Å²) in [7, 11) is 0. The average Bonchev–Trinajstić information content (AvgIpc) is 3.81. The zero-order valence-corrected chi connectivity index (χ0v) is 29.1. The van der Waals surface area contributed by atoms with Gasteiger partial charge < -0.3 is 25.7 Å². The molecule has 0 bridgehead atoms. The van der Waals surface area contributed by atoms with Crippen LogP contribution in [-0.2, 0) is 16.0 Å². The molecular weight excluding hydrogens is 658 g/mol. The number of hydrogen-bond acceptors (Lipinski definition) is 11. The number of amides is 2. The number of benzene rings is 2. The number of para-hydroxylation sites is 1. The number of phenols is 1. The third-order valence-corrected chi connectivity index (χ3v) is 12.5. The first-order valence-corrected chi connectivity index (χ1v) is 18.7. The monoisotopic (exact) mass is 703 g/mol. The number of aliphatic hydroxyl groups excluding tert-OH is 1. The van der Waals surface area contributed by atoms with Gasteiger partial charge in [0.1, 0.15) is 17.5 Å². The summed E-state index contributed by atoms with van der Waals surface area (Å²) in [5.74, 6) is 1.20. The Bertz CT molecular complexity index is 2010. The molecular formula is C39H45N9O4. The molecule has 0 radical (unpaired) electrons. The van der Waals surface area contributed by atoms with Crippen LogP contribution >= 0.6 is 0 Å². The standard InChI is InChI=1S/C39H45N9O4/c40-38-35(17-31(43-44-38)30-4-1-2-7-36(30)50)48-21-26(18-41-48)46-19-25-16-34(47(25)20-27(46)22-49)24-10-8-23(9-11-24)28-5-3-6-32-29(28)14-15-45(32)33-12-13-37(51)42-39(33)52/h1-7,17-18,21,23-25,27,33-34,49-50H,8-16,19-20,22H2,(H2,40,44)(H,42,51,52)/t23-,24+,25-,27-,33-,34+/m0/s1. The number of aromatic hydroxyl groups is 1. The number of nitrogen functional groups attached to an aromatic ring is 1. The highest BCUT2D eigenvalue weighted by Crippen LogP contribution is 2.47. The molecule has 9 rings (SSSR count). The van der Waals surface area contributed by atoms with Crippen molar-refractivity contribution in [3.63, 3.8) is 0 Å². The highest BCUT2D eigenvalue weighted by atomic mass is 16.3. The van der Waals surface area contributed by atoms with Gasteiger partial charge in [0.25, 0.3) is 0 Å². The van der Waals surface area contributed by atoms with Gasteiger partial charge in [0, 0.05) is 49.4 Å². The Labute approximate surface area is 302 Å². The van der Waals surface area contributed by atoms with Crippen LogP contribution in [0.4, 0.5) is 17.2 Å². The highest BCUT2D eigenvalue weighted by molar-refractivity contribution is 6.02. The summed E-state index contributed by atoms with van der Waals surface area (Å²) in [6, 6.07) is 16.0. The number of anilines is 3. The minimum absolute atomic E-state index is 0.0444. The summed E-state index contributed by atoms with van der Waals surface area (Å²) < 4.78 is 1.69. The minimum Gasteiger partial charge on any atom is -0.507 e. The van der Waals surface area contributed by atoms with E-state index in [9.17, 15) is 19.8 Å². The van der Waals surface area contributed by atoms with Crippen LogP contribution in [0, 0.1) is 5.92 Å². The third kappa shape index (κ3) is 5.66. The van der Waals surface area contributed by atoms with Crippen molar-refractivity contribution in [2.24, 2.45) is 5.92 Å². The topological polar surface area (TPSA) is 166 Å². The second-order valence-corrected chi connectivity index (χ2v) is 15.2. The van der Waals surface area contributed by atoms with Gasteiger partial charge in [0.2, 0.25) is 11.8 Å². The number of hydrogen-bond donors (Lipinski definition) is 4. The normalized spacial score (nSPS) is 27.6. The van der Waals surface area contributed by atoms with E-state index in [2.05, 4.69) is 53.5 Å². The fourth-order valence-corrected chi connectivity index (χ4v) is 9.78. The Morgan fingerprint density at radius 2 is 1.77 bits per heavy atom. The molecule has 4 atom stereocenters. The lowest BCUT2D eigenvalue weighted by atomic mass is 9.70. The smallest absolute Gasteiger partial charge is 0.249 e. The number of carbonyl (C=O) groups is 2. The summed E-state index contributed by atoms with van der Waals surface area (Å²) in [5.41, 5.74) is 12.8. The van der Waals surface area contributed by atoms with E-state index in [0.29, 0.717) is 53.7 Å². The predicted molar refractivity (Wildman–Crippen MR) is 196 cm³/mol. The van der Waals surface area contributed by atoms with E-state index in [-0.39, 0.29) is 42.1 Å². The third-order valence-electron chi connectivity index (χ3n) is 12.5. The van der Waals surface area contributed by atoms with Crippen molar-refractivity contribution in [1.29, 1.82) is 0 Å². The minimum atomic E-state index is -0.266. The zero-order chi connectivity index (χ0) is 35.5. The molecule has 4 aliphatic heterocycles. The fraction of sp³-hybridized carbons (Fsp3) is 0.462. The molecule has 2 aromatic carbocycles. The quantitative estimate of drug-likeness (QED) is 0.209. The van der Waals surface area contributed by atoms with Crippen molar-refractivity contribution in [2.75, 3.05) is 41.8 Å². The molecule has 5 N–H and O–H groups in total. The molecule has 52 heavy (non-hydrogen) atoms. The summed E-state index contributed by atoms with van der Waals surface area (Å²) in [6.07, 6.45) is 11.6. The van der Waals surface area contributed by atoms with Gasteiger partial charge in [-0.05, 0) is 92.2 Å². The maximum Gasteiger partial charge on any atom is 0.249 e. The molecule has 4 aromatic rings. The first-order chi connectivity index (χ1) is 25.4. The molecule has 1 aliphatic carbocycles. The number of carbonyl (C=O) groups excluding carboxylic acids is 2. The molecule has 0 unspecified atom stereocenters. The van der Waals surface area contributed by atoms with Gasteiger partial charge in [-0.3, -0.25) is 19.8 Å². The zero-order valence-electron chi connectivity index (χ0n) is 29.1. The molecule has 2 aromatic heterocycles. The van der Waals surface area contributed by atoms with Gasteiger partial charge in [-0.15, -0.1) is 10.2 Å². The van der Waals surface area contributed by atoms with Crippen LogP contribution in [0.2, 0.25) is 0 Å². The molecule has 6 heterocycles. The van der Waals surface area contributed by atoms with Crippen LogP contribution in [-0.4, -0.2) is 97.3 Å². The number of piperazine rings is 1. The van der Waals surface area contributed by atoms with Crippen LogP contribution in [0.5, 0.6) is 5.75 Å². The summed E-state index contributed by atoms with van der Waals surface area (Å²) in [5, 5.41) is 36.4. The van der Waals surface area contributed by atoms with Gasteiger partial charge in [-0.25, -0.2) is 4.68 Å². The number of aromatic nitrogens is 4. The van der Waals surface area contributed by atoms with Crippen molar-refractivity contribution < 1.29 is 19.8 Å². The van der Waals surface area contributed by atoms with E-state index in [1.165, 1.54) is 42.5 Å². The predicted octanol–water partition coefficient (Wildman–Crippen LogP) is 3.38. The van der Waals surface area contributed by atoms with Crippen molar-refractivity contribution >= 4 is 29.0 Å². The lowest BCUT2D eigenvalue weighted by molar-refractivity contribution is -0.134. The molecule has 2 amide bonds. The summed E-state index contributed by atoms with van der Waals surface area (Å²) >= 11 is 0. The molecule has 4 fully saturated rings. The second-order valence-electron chi connectivity index (χ2n) is 15.2. The lowest BCUT2D eigenvalue weighted by Gasteiger charge is -2.59. The largest absolute Gasteiger partial charge is 0.507 e.